The number of nitrogens with one attached hydrogen (secondary N) is 2. The van der Waals surface area contributed by atoms with E-state index in [0.29, 0.717) is 52.5 Å². The van der Waals surface area contributed by atoms with Crippen LogP contribution in [-0.4, -0.2) is 64.0 Å². The Morgan fingerprint density at radius 3 is 1.81 bits per heavy atom. The molecule has 4 aromatic carbocycles. The molecule has 0 saturated heterocycles. The van der Waals surface area contributed by atoms with E-state index in [0.717, 1.165) is 21.6 Å². The SMILES string of the molecule is CC(C)OC(=O)Nc1ccc2c(c1)N(C(=O)CN1C(=O)C=C(C3Cc4ccccc4N(C(=O)Cn4cccc4)c4cc(NC(=O)OC(C)C)ccc43)C1=O)c1ccccc1CC2. The van der Waals surface area contributed by atoms with Gasteiger partial charge in [-0.05, 0) is 118 Å². The second-order valence-electron chi connectivity index (χ2n) is 15.9. The number of fused-ring (bicyclic) bond motifs is 4. The Bertz CT molecular complexity index is 2630. The van der Waals surface area contributed by atoms with E-state index in [2.05, 4.69) is 10.6 Å². The quantitative estimate of drug-likeness (QED) is 0.141. The lowest BCUT2D eigenvalue weighted by Crippen LogP contribution is -2.42. The molecule has 0 radical (unpaired) electrons. The number of benzene rings is 4. The average molecular weight is 835 g/mol. The van der Waals surface area contributed by atoms with E-state index >= 15 is 0 Å². The van der Waals surface area contributed by atoms with Crippen molar-refractivity contribution in [3.05, 3.63) is 143 Å². The van der Waals surface area contributed by atoms with Crippen molar-refractivity contribution in [1.29, 1.82) is 0 Å². The molecule has 62 heavy (non-hydrogen) atoms. The second kappa shape index (κ2) is 17.2. The molecule has 8 rings (SSSR count). The average Bonchev–Trinajstić information content (AvgIpc) is 3.74. The topological polar surface area (TPSA) is 160 Å². The number of ether oxygens (including phenoxy) is 2. The molecular formula is C48H46N6O8. The van der Waals surface area contributed by atoms with E-state index in [1.807, 2.05) is 66.7 Å². The van der Waals surface area contributed by atoms with Crippen molar-refractivity contribution in [2.75, 3.05) is 27.0 Å². The van der Waals surface area contributed by atoms with Gasteiger partial charge in [0.25, 0.3) is 23.6 Å². The molecule has 3 aliphatic rings. The van der Waals surface area contributed by atoms with Gasteiger partial charge in [0, 0.05) is 41.3 Å². The zero-order valence-corrected chi connectivity index (χ0v) is 34.8. The van der Waals surface area contributed by atoms with Gasteiger partial charge < -0.3 is 14.0 Å². The molecule has 4 heterocycles. The van der Waals surface area contributed by atoms with Crippen molar-refractivity contribution in [3.8, 4) is 0 Å². The fraction of sp³-hybridized carbons (Fsp3) is 0.250. The summed E-state index contributed by atoms with van der Waals surface area (Å²) < 4.78 is 12.4. The summed E-state index contributed by atoms with van der Waals surface area (Å²) in [6.07, 6.45) is 4.29. The van der Waals surface area contributed by atoms with Crippen molar-refractivity contribution in [1.82, 2.24) is 9.47 Å². The molecule has 1 aromatic heterocycles. The van der Waals surface area contributed by atoms with Crippen LogP contribution >= 0.6 is 0 Å². The molecule has 2 N–H and O–H groups in total. The van der Waals surface area contributed by atoms with Crippen molar-refractivity contribution >= 4 is 69.9 Å². The number of hydrogen-bond donors (Lipinski definition) is 2. The summed E-state index contributed by atoms with van der Waals surface area (Å²) in [5.41, 5.74) is 6.09. The lowest BCUT2D eigenvalue weighted by atomic mass is 9.85. The summed E-state index contributed by atoms with van der Waals surface area (Å²) in [6, 6.07) is 28.9. The van der Waals surface area contributed by atoms with E-state index in [9.17, 15) is 28.8 Å². The summed E-state index contributed by atoms with van der Waals surface area (Å²) in [7, 11) is 0. The van der Waals surface area contributed by atoms with E-state index in [1.54, 1.807) is 79.9 Å². The van der Waals surface area contributed by atoms with Gasteiger partial charge in [-0.3, -0.25) is 44.5 Å². The minimum absolute atomic E-state index is 0.00314. The van der Waals surface area contributed by atoms with Gasteiger partial charge in [-0.25, -0.2) is 9.59 Å². The Hall–Kier alpha value is -7.48. The first-order chi connectivity index (χ1) is 29.8. The lowest BCUT2D eigenvalue weighted by Gasteiger charge is -2.28. The molecule has 1 atom stereocenters. The van der Waals surface area contributed by atoms with Gasteiger partial charge in [-0.2, -0.15) is 0 Å². The van der Waals surface area contributed by atoms with Crippen LogP contribution in [-0.2, 0) is 54.5 Å². The molecule has 5 aromatic rings. The second-order valence-corrected chi connectivity index (χ2v) is 15.9. The summed E-state index contributed by atoms with van der Waals surface area (Å²) in [6.45, 7) is 6.38. The lowest BCUT2D eigenvalue weighted by molar-refractivity contribution is -0.140. The fourth-order valence-corrected chi connectivity index (χ4v) is 8.25. The predicted octanol–water partition coefficient (Wildman–Crippen LogP) is 8.17. The third kappa shape index (κ3) is 8.44. The highest BCUT2D eigenvalue weighted by atomic mass is 16.6. The van der Waals surface area contributed by atoms with Gasteiger partial charge >= 0.3 is 12.2 Å². The van der Waals surface area contributed by atoms with Crippen LogP contribution in [0.3, 0.4) is 0 Å². The van der Waals surface area contributed by atoms with Gasteiger partial charge in [-0.15, -0.1) is 0 Å². The van der Waals surface area contributed by atoms with Crippen molar-refractivity contribution < 1.29 is 38.2 Å². The largest absolute Gasteiger partial charge is 0.447 e. The van der Waals surface area contributed by atoms with E-state index < -0.39 is 42.4 Å². The number of anilines is 6. The molecule has 14 nitrogen and oxygen atoms in total. The Morgan fingerprint density at radius 1 is 0.629 bits per heavy atom. The Morgan fingerprint density at radius 2 is 1.16 bits per heavy atom. The number of hydrogen-bond acceptors (Lipinski definition) is 8. The van der Waals surface area contributed by atoms with Crippen LogP contribution < -0.4 is 20.4 Å². The first kappa shape index (κ1) is 41.3. The van der Waals surface area contributed by atoms with Crippen LogP contribution in [0.15, 0.2) is 121 Å². The smallest absolute Gasteiger partial charge is 0.411 e. The van der Waals surface area contributed by atoms with Crippen LogP contribution in [0.2, 0.25) is 0 Å². The number of rotatable bonds is 9. The van der Waals surface area contributed by atoms with Gasteiger partial charge in [0.15, 0.2) is 0 Å². The standard InChI is InChI=1S/C48H46N6O8/c1-29(2)61-47(59)49-34-18-17-32-16-15-31-11-5-7-13-39(31)53(41(32)24-34)45(57)28-52-43(55)26-38(46(52)58)37-23-33-12-6-8-14-40(33)54(44(56)27-51-21-9-10-22-51)42-25-35(19-20-36(37)42)50-48(60)62-30(3)4/h5-14,17-22,24-26,29-30,37H,15-16,23,27-28H2,1-4H3,(H,49,59)(H,50,60). The number of imide groups is 1. The van der Waals surface area contributed by atoms with Crippen LogP contribution in [0.5, 0.6) is 0 Å². The summed E-state index contributed by atoms with van der Waals surface area (Å²) in [5, 5.41) is 5.49. The van der Waals surface area contributed by atoms with Gasteiger partial charge in [0.1, 0.15) is 13.1 Å². The number of aromatic nitrogens is 1. The normalized spacial score (nSPS) is 15.5. The van der Waals surface area contributed by atoms with Gasteiger partial charge in [0.2, 0.25) is 0 Å². The Kier molecular flexibility index (Phi) is 11.5. The first-order valence-corrected chi connectivity index (χ1v) is 20.6. The molecule has 316 valence electrons. The van der Waals surface area contributed by atoms with Crippen molar-refractivity contribution in [2.45, 2.75) is 71.6 Å². The van der Waals surface area contributed by atoms with Gasteiger partial charge in [-0.1, -0.05) is 48.5 Å². The first-order valence-electron chi connectivity index (χ1n) is 20.6. The maximum Gasteiger partial charge on any atom is 0.411 e. The molecule has 14 heteroatoms. The van der Waals surface area contributed by atoms with Crippen LogP contribution in [0, 0.1) is 0 Å². The third-order valence-corrected chi connectivity index (χ3v) is 10.9. The zero-order chi connectivity index (χ0) is 43.7. The number of carbonyl (C=O) groups excluding carboxylic acids is 6. The van der Waals surface area contributed by atoms with E-state index in [-0.39, 0.29) is 36.7 Å². The number of nitrogens with zero attached hydrogens (tertiary/aromatic N) is 4. The van der Waals surface area contributed by atoms with Crippen molar-refractivity contribution in [3.63, 3.8) is 0 Å². The number of aryl methyl sites for hydroxylation is 2. The summed E-state index contributed by atoms with van der Waals surface area (Å²) >= 11 is 0. The maximum atomic E-state index is 14.7. The van der Waals surface area contributed by atoms with E-state index in [4.69, 9.17) is 9.47 Å². The number of para-hydroxylation sites is 2. The summed E-state index contributed by atoms with van der Waals surface area (Å²) in [4.78, 5) is 87.2. The highest BCUT2D eigenvalue weighted by molar-refractivity contribution is 6.20. The molecule has 0 aliphatic carbocycles. The van der Waals surface area contributed by atoms with Crippen molar-refractivity contribution in [2.24, 2.45) is 0 Å². The predicted molar refractivity (Wildman–Crippen MR) is 234 cm³/mol. The highest BCUT2D eigenvalue weighted by Crippen LogP contribution is 2.46. The minimum Gasteiger partial charge on any atom is -0.447 e. The van der Waals surface area contributed by atoms with E-state index in [1.165, 1.54) is 11.0 Å². The van der Waals surface area contributed by atoms with Crippen LogP contribution in [0.1, 0.15) is 55.9 Å². The molecule has 0 bridgehead atoms. The Balaban J connectivity index is 1.14. The molecule has 1 unspecified atom stereocenters. The molecule has 0 spiro atoms. The summed E-state index contributed by atoms with van der Waals surface area (Å²) in [5.74, 6) is -2.83. The molecular weight excluding hydrogens is 789 g/mol. The molecule has 0 saturated carbocycles. The molecule has 0 fully saturated rings. The third-order valence-electron chi connectivity index (χ3n) is 10.9. The molecule has 6 amide bonds. The monoisotopic (exact) mass is 834 g/mol. The molecule has 3 aliphatic heterocycles. The van der Waals surface area contributed by atoms with Crippen LogP contribution in [0.4, 0.5) is 43.7 Å². The van der Waals surface area contributed by atoms with Gasteiger partial charge in [0.05, 0.1) is 35.0 Å². The van der Waals surface area contributed by atoms with Crippen LogP contribution in [0.25, 0.3) is 0 Å². The zero-order valence-electron chi connectivity index (χ0n) is 34.8. The maximum absolute atomic E-state index is 14.7. The highest BCUT2D eigenvalue weighted by Gasteiger charge is 2.42. The fourth-order valence-electron chi connectivity index (χ4n) is 8.25. The Labute approximate surface area is 358 Å². The minimum atomic E-state index is -0.734. The number of amides is 6. The number of carbonyl (C=O) groups is 6.